The Morgan fingerprint density at radius 2 is 2.03 bits per heavy atom. The molecule has 2 heterocycles. The summed E-state index contributed by atoms with van der Waals surface area (Å²) < 4.78 is 14.3. The van der Waals surface area contributed by atoms with Gasteiger partial charge in [0.05, 0.1) is 23.9 Å². The summed E-state index contributed by atoms with van der Waals surface area (Å²) in [6.45, 7) is 0.750. The first-order valence-corrected chi connectivity index (χ1v) is 11.6. The molecule has 7 heteroatoms. The van der Waals surface area contributed by atoms with Crippen molar-refractivity contribution in [2.75, 3.05) is 17.2 Å². The molecule has 5 nitrogen and oxygen atoms in total. The molecule has 3 aliphatic rings. The van der Waals surface area contributed by atoms with Crippen molar-refractivity contribution in [3.05, 3.63) is 65.0 Å². The van der Waals surface area contributed by atoms with Crippen LogP contribution in [0.15, 0.2) is 42.5 Å². The van der Waals surface area contributed by atoms with E-state index < -0.39 is 10.7 Å². The molecule has 0 bridgehead atoms. The van der Waals surface area contributed by atoms with E-state index in [4.69, 9.17) is 0 Å². The summed E-state index contributed by atoms with van der Waals surface area (Å²) in [5, 5.41) is 9.21. The number of carbonyl (C=O) groups is 2. The van der Waals surface area contributed by atoms with Gasteiger partial charge in [-0.1, -0.05) is 25.0 Å². The molecule has 5 rings (SSSR count). The van der Waals surface area contributed by atoms with Gasteiger partial charge < -0.3 is 9.80 Å². The second kappa shape index (κ2) is 7.69. The number of carbonyl (C=O) groups excluding carboxylic acids is 2. The molecular formula is C24H22FN3O2S. The minimum absolute atomic E-state index is 0.0133. The number of nitriles is 1. The van der Waals surface area contributed by atoms with Crippen molar-refractivity contribution < 1.29 is 14.0 Å². The molecule has 1 unspecified atom stereocenters. The van der Waals surface area contributed by atoms with E-state index in [2.05, 4.69) is 6.07 Å². The standard InChI is InChI=1S/C24H22FN3O2S/c25-19-8-9-21-20(13-19)24(28(10-11-31-24)22(29)18-6-1-2-7-18)23(30)27(21)15-17-5-3-4-16(12-17)14-26/h3-5,8-9,12-13,18H,1-2,6-7,10-11,15H2. The maximum absolute atomic E-state index is 14.3. The fourth-order valence-electron chi connectivity index (χ4n) is 5.08. The second-order valence-electron chi connectivity index (χ2n) is 8.33. The number of nitrogens with zero attached hydrogens (tertiary/aromatic N) is 3. The maximum Gasteiger partial charge on any atom is 0.268 e. The van der Waals surface area contributed by atoms with Crippen LogP contribution in [0.2, 0.25) is 0 Å². The quantitative estimate of drug-likeness (QED) is 0.726. The topological polar surface area (TPSA) is 64.4 Å². The Kier molecular flexibility index (Phi) is 4.98. The number of amides is 2. The maximum atomic E-state index is 14.3. The molecule has 158 valence electrons. The monoisotopic (exact) mass is 435 g/mol. The summed E-state index contributed by atoms with van der Waals surface area (Å²) in [7, 11) is 0. The van der Waals surface area contributed by atoms with E-state index in [9.17, 15) is 19.2 Å². The molecule has 0 N–H and O–H groups in total. The average Bonchev–Trinajstić information content (AvgIpc) is 3.51. The van der Waals surface area contributed by atoms with Gasteiger partial charge in [-0.25, -0.2) is 4.39 Å². The number of fused-ring (bicyclic) bond motifs is 2. The molecule has 2 aromatic rings. The lowest BCUT2D eigenvalue weighted by Gasteiger charge is -2.34. The molecule has 1 atom stereocenters. The summed E-state index contributed by atoms with van der Waals surface area (Å²) in [5.74, 6) is -0.0248. The number of benzene rings is 2. The van der Waals surface area contributed by atoms with Crippen molar-refractivity contribution in [2.45, 2.75) is 37.1 Å². The van der Waals surface area contributed by atoms with Gasteiger partial charge in [0.25, 0.3) is 5.91 Å². The summed E-state index contributed by atoms with van der Waals surface area (Å²) in [4.78, 5) is 29.5. The Labute approximate surface area is 184 Å². The first kappa shape index (κ1) is 20.1. The molecule has 2 aromatic carbocycles. The smallest absolute Gasteiger partial charge is 0.268 e. The highest BCUT2D eigenvalue weighted by Gasteiger charge is 2.60. The fraction of sp³-hybridized carbons (Fsp3) is 0.375. The van der Waals surface area contributed by atoms with Crippen molar-refractivity contribution >= 4 is 29.3 Å². The minimum atomic E-state index is -1.20. The highest BCUT2D eigenvalue weighted by Crippen LogP contribution is 2.55. The molecule has 0 aromatic heterocycles. The Balaban J connectivity index is 1.57. The number of hydrogen-bond donors (Lipinski definition) is 0. The Morgan fingerprint density at radius 1 is 1.23 bits per heavy atom. The summed E-state index contributed by atoms with van der Waals surface area (Å²) >= 11 is 1.42. The molecule has 1 spiro atoms. The van der Waals surface area contributed by atoms with Crippen LogP contribution in [0.5, 0.6) is 0 Å². The van der Waals surface area contributed by atoms with Gasteiger partial charge in [-0.3, -0.25) is 9.59 Å². The van der Waals surface area contributed by atoms with Crippen molar-refractivity contribution in [2.24, 2.45) is 5.92 Å². The number of thioether (sulfide) groups is 1. The van der Waals surface area contributed by atoms with Gasteiger partial charge in [-0.15, -0.1) is 11.8 Å². The molecule has 1 saturated carbocycles. The summed E-state index contributed by atoms with van der Waals surface area (Å²) in [6, 6.07) is 13.6. The zero-order chi connectivity index (χ0) is 21.6. The summed E-state index contributed by atoms with van der Waals surface area (Å²) in [6.07, 6.45) is 3.77. The number of rotatable bonds is 3. The van der Waals surface area contributed by atoms with Gasteiger partial charge in [0.1, 0.15) is 5.82 Å². The number of anilines is 1. The van der Waals surface area contributed by atoms with Gasteiger partial charge in [-0.2, -0.15) is 5.26 Å². The van der Waals surface area contributed by atoms with Gasteiger partial charge in [-0.05, 0) is 48.7 Å². The van der Waals surface area contributed by atoms with E-state index in [1.165, 1.54) is 23.9 Å². The molecule has 2 aliphatic heterocycles. The molecule has 2 amide bonds. The van der Waals surface area contributed by atoms with Crippen LogP contribution in [0.3, 0.4) is 0 Å². The normalized spacial score (nSPS) is 22.9. The molecular weight excluding hydrogens is 413 g/mol. The largest absolute Gasteiger partial charge is 0.315 e. The van der Waals surface area contributed by atoms with E-state index in [-0.39, 0.29) is 24.3 Å². The van der Waals surface area contributed by atoms with Crippen LogP contribution in [0.25, 0.3) is 0 Å². The number of hydrogen-bond acceptors (Lipinski definition) is 4. The number of halogens is 1. The molecule has 1 saturated heterocycles. The first-order chi connectivity index (χ1) is 15.0. The second-order valence-corrected chi connectivity index (χ2v) is 9.62. The Hall–Kier alpha value is -2.85. The van der Waals surface area contributed by atoms with Gasteiger partial charge >= 0.3 is 0 Å². The fourth-order valence-corrected chi connectivity index (χ4v) is 6.54. The van der Waals surface area contributed by atoms with Crippen molar-refractivity contribution in [1.82, 2.24) is 4.90 Å². The lowest BCUT2D eigenvalue weighted by Crippen LogP contribution is -2.51. The van der Waals surface area contributed by atoms with Gasteiger partial charge in [0.2, 0.25) is 5.91 Å². The Bertz CT molecular complexity index is 1110. The minimum Gasteiger partial charge on any atom is -0.315 e. The zero-order valence-corrected chi connectivity index (χ0v) is 17.8. The van der Waals surface area contributed by atoms with E-state index >= 15 is 0 Å². The lowest BCUT2D eigenvalue weighted by molar-refractivity contribution is -0.143. The highest BCUT2D eigenvalue weighted by molar-refractivity contribution is 8.01. The third kappa shape index (κ3) is 3.12. The predicted molar refractivity (Wildman–Crippen MR) is 117 cm³/mol. The van der Waals surface area contributed by atoms with Crippen LogP contribution in [0, 0.1) is 23.1 Å². The van der Waals surface area contributed by atoms with Crippen LogP contribution >= 0.6 is 11.8 Å². The Morgan fingerprint density at radius 3 is 2.81 bits per heavy atom. The molecule has 2 fully saturated rings. The van der Waals surface area contributed by atoms with Crippen LogP contribution in [-0.4, -0.2) is 29.0 Å². The van der Waals surface area contributed by atoms with Crippen molar-refractivity contribution in [3.8, 4) is 6.07 Å². The molecule has 31 heavy (non-hydrogen) atoms. The van der Waals surface area contributed by atoms with E-state index in [0.717, 1.165) is 31.2 Å². The first-order valence-electron chi connectivity index (χ1n) is 10.6. The average molecular weight is 436 g/mol. The van der Waals surface area contributed by atoms with E-state index in [1.807, 2.05) is 6.07 Å². The zero-order valence-electron chi connectivity index (χ0n) is 17.0. The molecule has 0 radical (unpaired) electrons. The van der Waals surface area contributed by atoms with Crippen LogP contribution in [0.1, 0.15) is 42.4 Å². The third-order valence-electron chi connectivity index (χ3n) is 6.52. The van der Waals surface area contributed by atoms with Gasteiger partial charge in [0.15, 0.2) is 4.87 Å². The SMILES string of the molecule is N#Cc1cccc(CN2C(=O)C3(SCCN3C(=O)C3CCCC3)c3cc(F)ccc32)c1. The van der Waals surface area contributed by atoms with Crippen LogP contribution in [0.4, 0.5) is 10.1 Å². The molecule has 1 aliphatic carbocycles. The van der Waals surface area contributed by atoms with Crippen molar-refractivity contribution in [1.29, 1.82) is 5.26 Å². The highest BCUT2D eigenvalue weighted by atomic mass is 32.2. The van der Waals surface area contributed by atoms with Gasteiger partial charge in [0, 0.05) is 23.8 Å². The van der Waals surface area contributed by atoms with E-state index in [1.54, 1.807) is 34.1 Å². The van der Waals surface area contributed by atoms with Crippen LogP contribution < -0.4 is 4.90 Å². The predicted octanol–water partition coefficient (Wildman–Crippen LogP) is 4.16. The van der Waals surface area contributed by atoms with Crippen molar-refractivity contribution in [3.63, 3.8) is 0 Å². The lowest BCUT2D eigenvalue weighted by atomic mass is 10.0. The summed E-state index contributed by atoms with van der Waals surface area (Å²) in [5.41, 5.74) is 2.53. The van der Waals surface area contributed by atoms with E-state index in [0.29, 0.717) is 29.1 Å². The third-order valence-corrected chi connectivity index (χ3v) is 7.94. The van der Waals surface area contributed by atoms with Crippen LogP contribution in [-0.2, 0) is 21.0 Å².